The van der Waals surface area contributed by atoms with Gasteiger partial charge in [0.15, 0.2) is 16.6 Å². The van der Waals surface area contributed by atoms with Crippen molar-refractivity contribution < 1.29 is 44.5 Å². The van der Waals surface area contributed by atoms with Crippen LogP contribution in [0.3, 0.4) is 0 Å². The van der Waals surface area contributed by atoms with E-state index in [0.29, 0.717) is 4.73 Å². The number of nitrogen functional groups attached to an aromatic ring is 1. The number of carbonyl (C=O) groups excluding carboxylic acids is 2. The first-order valence-electron chi connectivity index (χ1n) is 11.5. The third-order valence-electron chi connectivity index (χ3n) is 5.84. The number of aromatic hydroxyl groups is 1. The molecule has 4 rings (SSSR count). The summed E-state index contributed by atoms with van der Waals surface area (Å²) in [5, 5.41) is 45.3. The zero-order valence-corrected chi connectivity index (χ0v) is 22.8. The first-order valence-corrected chi connectivity index (χ1v) is 13.4. The van der Waals surface area contributed by atoms with E-state index in [0.717, 1.165) is 40.3 Å². The van der Waals surface area contributed by atoms with Gasteiger partial charge in [0, 0.05) is 17.2 Å². The number of anilines is 1. The van der Waals surface area contributed by atoms with Gasteiger partial charge in [-0.15, -0.1) is 23.1 Å². The summed E-state index contributed by atoms with van der Waals surface area (Å²) in [6, 6.07) is -0.233. The molecule has 0 saturated carbocycles. The lowest BCUT2D eigenvalue weighted by atomic mass is 10.0. The number of fused-ring (bicyclic) bond motifs is 1. The van der Waals surface area contributed by atoms with Gasteiger partial charge in [0.05, 0.1) is 11.9 Å². The van der Waals surface area contributed by atoms with Gasteiger partial charge in [-0.1, -0.05) is 11.2 Å². The Kier molecular flexibility index (Phi) is 7.80. The highest BCUT2D eigenvalue weighted by Gasteiger charge is 2.54. The van der Waals surface area contributed by atoms with Crippen molar-refractivity contribution in [3.63, 3.8) is 0 Å². The highest BCUT2D eigenvalue weighted by molar-refractivity contribution is 8.00. The summed E-state index contributed by atoms with van der Waals surface area (Å²) in [4.78, 5) is 71.4. The third kappa shape index (κ3) is 5.73. The summed E-state index contributed by atoms with van der Waals surface area (Å²) < 4.78 is 0.476. The highest BCUT2D eigenvalue weighted by Crippen LogP contribution is 2.40. The minimum atomic E-state index is -1.80. The molecule has 1 fully saturated rings. The molecular formula is C23H22N6O10S2. The number of oxime groups is 1. The SMILES string of the molecule is CC(C)(O/N=C(\C(=O)N[C@@H]1C(=O)N2C(C(=O)O)=C(/C=C\c3cc(=O)c(O)cn3O)CS[C@H]12)c1csc(N)n1)C(=O)O. The number of nitrogens with zero attached hydrogens (tertiary/aromatic N) is 4. The molecule has 216 valence electrons. The Bertz CT molecular complexity index is 1610. The zero-order chi connectivity index (χ0) is 30.2. The average Bonchev–Trinajstić information content (AvgIpc) is 3.33. The summed E-state index contributed by atoms with van der Waals surface area (Å²) in [5.74, 6) is -5.07. The second-order valence-electron chi connectivity index (χ2n) is 9.08. The fourth-order valence-corrected chi connectivity index (χ4v) is 5.49. The number of carboxylic acids is 2. The monoisotopic (exact) mass is 606 g/mol. The Balaban J connectivity index is 1.57. The van der Waals surface area contributed by atoms with Crippen LogP contribution in [0.1, 0.15) is 25.2 Å². The zero-order valence-electron chi connectivity index (χ0n) is 21.2. The van der Waals surface area contributed by atoms with Crippen LogP contribution in [0.5, 0.6) is 5.75 Å². The van der Waals surface area contributed by atoms with Crippen molar-refractivity contribution in [2.24, 2.45) is 5.16 Å². The quantitative estimate of drug-likeness (QED) is 0.0943. The second-order valence-corrected chi connectivity index (χ2v) is 11.1. The lowest BCUT2D eigenvalue weighted by molar-refractivity contribution is -0.161. The average molecular weight is 607 g/mol. The van der Waals surface area contributed by atoms with Crippen molar-refractivity contribution in [1.29, 1.82) is 0 Å². The molecule has 7 N–H and O–H groups in total. The summed E-state index contributed by atoms with van der Waals surface area (Å²) in [6.45, 7) is 2.42. The number of thiazole rings is 1. The Hall–Kier alpha value is -4.84. The topological polar surface area (TPSA) is 247 Å². The van der Waals surface area contributed by atoms with E-state index in [-0.39, 0.29) is 33.5 Å². The number of hydrogen-bond acceptors (Lipinski definition) is 13. The van der Waals surface area contributed by atoms with Crippen molar-refractivity contribution in [3.05, 3.63) is 56.6 Å². The Morgan fingerprint density at radius 1 is 1.27 bits per heavy atom. The van der Waals surface area contributed by atoms with Gasteiger partial charge in [-0.2, -0.15) is 4.73 Å². The van der Waals surface area contributed by atoms with Crippen LogP contribution in [-0.2, 0) is 24.0 Å². The number of allylic oxidation sites excluding steroid dienone is 1. The number of nitrogens with two attached hydrogens (primary N) is 1. The second kappa shape index (κ2) is 11.0. The molecule has 0 aliphatic carbocycles. The molecule has 2 aromatic rings. The first kappa shape index (κ1) is 29.2. The number of thioether (sulfide) groups is 1. The molecule has 2 amide bonds. The highest BCUT2D eigenvalue weighted by atomic mass is 32.2. The lowest BCUT2D eigenvalue weighted by Gasteiger charge is -2.49. The number of aromatic nitrogens is 2. The van der Waals surface area contributed by atoms with Crippen LogP contribution < -0.4 is 16.5 Å². The van der Waals surface area contributed by atoms with E-state index in [4.69, 9.17) is 10.6 Å². The number of amides is 2. The van der Waals surface area contributed by atoms with Gasteiger partial charge in [0.2, 0.25) is 11.0 Å². The molecule has 41 heavy (non-hydrogen) atoms. The van der Waals surface area contributed by atoms with E-state index < -0.39 is 57.7 Å². The molecule has 2 aliphatic heterocycles. The minimum absolute atomic E-state index is 0.0266. The standard InChI is InChI=1S/C23H22N6O10S2/c1-23(2,21(36)37)39-27-14(11-8-41-22(24)25-11)17(32)26-15-18(33)29-16(20(34)35)9(7-40-19(15)29)3-4-10-5-12(30)13(31)6-28(10)38/h3-6,8,15,19,31,38H,7H2,1-2H3,(H2,24,25)(H,26,32)(H,34,35)(H,36,37)/b4-3-,27-14-/t15-,19-/m1/s1. The molecule has 2 atom stereocenters. The molecular weight excluding hydrogens is 584 g/mol. The fraction of sp³-hybridized carbons (Fsp3) is 0.261. The van der Waals surface area contributed by atoms with E-state index >= 15 is 0 Å². The van der Waals surface area contributed by atoms with Gasteiger partial charge in [-0.3, -0.25) is 19.3 Å². The lowest BCUT2D eigenvalue weighted by Crippen LogP contribution is -2.71. The largest absolute Gasteiger partial charge is 0.503 e. The van der Waals surface area contributed by atoms with Crippen LogP contribution in [0.25, 0.3) is 6.08 Å². The smallest absolute Gasteiger partial charge is 0.352 e. The number of carboxylic acid groups (broad SMARTS) is 2. The number of aliphatic carboxylic acids is 2. The number of rotatable bonds is 9. The Labute approximate surface area is 238 Å². The summed E-state index contributed by atoms with van der Waals surface area (Å²) in [7, 11) is 0. The predicted octanol–water partition coefficient (Wildman–Crippen LogP) is -0.134. The summed E-state index contributed by atoms with van der Waals surface area (Å²) in [5.41, 5.74) is 2.38. The van der Waals surface area contributed by atoms with E-state index in [1.54, 1.807) is 0 Å². The predicted molar refractivity (Wildman–Crippen MR) is 144 cm³/mol. The Morgan fingerprint density at radius 2 is 1.98 bits per heavy atom. The molecule has 0 radical (unpaired) electrons. The molecule has 0 bridgehead atoms. The maximum absolute atomic E-state index is 13.2. The van der Waals surface area contributed by atoms with Crippen LogP contribution in [0.2, 0.25) is 0 Å². The number of β-lactam (4-membered cyclic amide) rings is 1. The van der Waals surface area contributed by atoms with Gasteiger partial charge < -0.3 is 36.4 Å². The van der Waals surface area contributed by atoms with Crippen molar-refractivity contribution in [2.45, 2.75) is 30.9 Å². The number of carbonyl (C=O) groups is 4. The van der Waals surface area contributed by atoms with E-state index in [9.17, 15) is 44.5 Å². The molecule has 0 aromatic carbocycles. The first-order chi connectivity index (χ1) is 19.2. The van der Waals surface area contributed by atoms with Gasteiger partial charge in [-0.05, 0) is 25.5 Å². The molecule has 4 heterocycles. The third-order valence-corrected chi connectivity index (χ3v) is 7.82. The van der Waals surface area contributed by atoms with Crippen LogP contribution in [0.4, 0.5) is 5.13 Å². The molecule has 2 aromatic heterocycles. The molecule has 2 aliphatic rings. The number of hydrogen-bond donors (Lipinski definition) is 6. The normalized spacial score (nSPS) is 19.1. The van der Waals surface area contributed by atoms with Crippen LogP contribution in [0.15, 0.2) is 44.9 Å². The maximum Gasteiger partial charge on any atom is 0.352 e. The van der Waals surface area contributed by atoms with Gasteiger partial charge in [0.1, 0.15) is 22.8 Å². The van der Waals surface area contributed by atoms with Crippen molar-refractivity contribution in [1.82, 2.24) is 19.9 Å². The van der Waals surface area contributed by atoms with Crippen LogP contribution in [-0.4, -0.2) is 87.4 Å². The van der Waals surface area contributed by atoms with Crippen molar-refractivity contribution in [3.8, 4) is 5.75 Å². The number of pyridine rings is 1. The summed E-state index contributed by atoms with van der Waals surface area (Å²) >= 11 is 2.12. The van der Waals surface area contributed by atoms with Crippen LogP contribution >= 0.6 is 23.1 Å². The Morgan fingerprint density at radius 3 is 2.59 bits per heavy atom. The summed E-state index contributed by atoms with van der Waals surface area (Å²) in [6.07, 6.45) is 3.32. The number of nitrogens with one attached hydrogen (secondary N) is 1. The van der Waals surface area contributed by atoms with E-state index in [1.165, 1.54) is 31.4 Å². The minimum Gasteiger partial charge on any atom is -0.503 e. The van der Waals surface area contributed by atoms with Crippen LogP contribution in [0, 0.1) is 0 Å². The van der Waals surface area contributed by atoms with E-state index in [2.05, 4.69) is 15.5 Å². The molecule has 0 unspecified atom stereocenters. The van der Waals surface area contributed by atoms with Crippen molar-refractivity contribution >= 4 is 63.8 Å². The molecule has 16 nitrogen and oxygen atoms in total. The fourth-order valence-electron chi connectivity index (χ4n) is 3.62. The van der Waals surface area contributed by atoms with Gasteiger partial charge in [-0.25, -0.2) is 14.6 Å². The molecule has 0 spiro atoms. The van der Waals surface area contributed by atoms with Crippen molar-refractivity contribution in [2.75, 3.05) is 11.5 Å². The molecule has 1 saturated heterocycles. The van der Waals surface area contributed by atoms with Gasteiger partial charge in [0.25, 0.3) is 11.8 Å². The maximum atomic E-state index is 13.2. The van der Waals surface area contributed by atoms with E-state index in [1.807, 2.05) is 0 Å². The van der Waals surface area contributed by atoms with Gasteiger partial charge >= 0.3 is 11.9 Å². The molecule has 18 heteroatoms.